The van der Waals surface area contributed by atoms with Crippen molar-refractivity contribution < 1.29 is 54.3 Å². The number of imide groups is 2. The number of aryl methyl sites for hydroxylation is 1. The molecule has 0 atom stereocenters. The number of anilines is 1. The Bertz CT molecular complexity index is 2100. The fraction of sp³-hybridized carbons (Fsp3) is 0.200. The molecule has 0 saturated carbocycles. The van der Waals surface area contributed by atoms with Crippen LogP contribution in [0.2, 0.25) is 0 Å². The molecule has 252 valence electrons. The lowest BCUT2D eigenvalue weighted by Gasteiger charge is -2.29. The Morgan fingerprint density at radius 1 is 0.531 bits per heavy atom. The van der Waals surface area contributed by atoms with Gasteiger partial charge >= 0.3 is 12.4 Å². The number of rotatable bonds is 6. The number of carbonyl (C=O) groups is 4. The van der Waals surface area contributed by atoms with Crippen LogP contribution in [0.4, 0.5) is 40.8 Å². The van der Waals surface area contributed by atoms with Gasteiger partial charge in [0, 0.05) is 7.05 Å². The molecule has 2 heterocycles. The molecule has 6 nitrogen and oxygen atoms in total. The van der Waals surface area contributed by atoms with E-state index in [0.717, 1.165) is 35.2 Å². The zero-order valence-electron chi connectivity index (χ0n) is 25.4. The molecule has 14 heteroatoms. The minimum Gasteiger partial charge on any atom is -0.277 e. The van der Waals surface area contributed by atoms with E-state index in [4.69, 9.17) is 0 Å². The molecule has 49 heavy (non-hydrogen) atoms. The van der Waals surface area contributed by atoms with Crippen molar-refractivity contribution in [3.63, 3.8) is 0 Å². The van der Waals surface area contributed by atoms with Crippen molar-refractivity contribution in [3.8, 4) is 11.1 Å². The van der Waals surface area contributed by atoms with E-state index in [1.54, 1.807) is 0 Å². The average molecular weight is 687 g/mol. The van der Waals surface area contributed by atoms with Crippen LogP contribution >= 0.6 is 0 Å². The number of carbonyl (C=O) groups excluding carboxylic acids is 4. The molecular weight excluding hydrogens is 664 g/mol. The smallest absolute Gasteiger partial charge is 0.277 e. The van der Waals surface area contributed by atoms with Gasteiger partial charge in [-0.1, -0.05) is 35.9 Å². The van der Waals surface area contributed by atoms with E-state index in [1.807, 2.05) is 0 Å². The molecule has 4 aromatic carbocycles. The number of nitrogens with zero attached hydrogens (tertiary/aromatic N) is 2. The first-order chi connectivity index (χ1) is 22.9. The van der Waals surface area contributed by atoms with Crippen LogP contribution in [0, 0.1) is 6.92 Å². The summed E-state index contributed by atoms with van der Waals surface area (Å²) in [5.74, 6) is -3.52. The fourth-order valence-electron chi connectivity index (χ4n) is 6.21. The van der Waals surface area contributed by atoms with E-state index < -0.39 is 88.3 Å². The molecule has 0 saturated heterocycles. The molecule has 0 unspecified atom stereocenters. The summed E-state index contributed by atoms with van der Waals surface area (Å²) in [4.78, 5) is 53.1. The maximum Gasteiger partial charge on any atom is 0.417 e. The minimum absolute atomic E-state index is 0.0227. The highest BCUT2D eigenvalue weighted by Crippen LogP contribution is 2.45. The van der Waals surface area contributed by atoms with Gasteiger partial charge in [0.1, 0.15) is 13.3 Å². The van der Waals surface area contributed by atoms with Gasteiger partial charge in [-0.25, -0.2) is 13.7 Å². The molecule has 0 aromatic heterocycles. The van der Waals surface area contributed by atoms with Gasteiger partial charge in [-0.05, 0) is 71.6 Å². The Hall–Kier alpha value is -5.40. The third-order valence-corrected chi connectivity index (χ3v) is 8.88. The second-order valence-corrected chi connectivity index (χ2v) is 11.8. The standard InChI is InChI=1S/C35H22F8N2O4/c1-17-3-7-21(27(11-17)34(38,39)40)22-10-6-20(14-28(22)35(41,42)43)45-31(48)24-9-5-19(13-26(24)32(45)49)33(15-36,16-37)18-4-8-23-25(12-18)30(47)44(2)29(23)46/h3-14H,15-16H2,1-2H3. The first kappa shape index (κ1) is 33.5. The number of fused-ring (bicyclic) bond motifs is 2. The predicted molar refractivity (Wildman–Crippen MR) is 160 cm³/mol. The van der Waals surface area contributed by atoms with Crippen molar-refractivity contribution in [1.29, 1.82) is 0 Å². The Balaban J connectivity index is 1.43. The van der Waals surface area contributed by atoms with Crippen molar-refractivity contribution in [2.24, 2.45) is 0 Å². The molecule has 2 aliphatic heterocycles. The van der Waals surface area contributed by atoms with E-state index in [1.165, 1.54) is 44.3 Å². The normalized spacial score (nSPS) is 15.0. The lowest BCUT2D eigenvalue weighted by molar-refractivity contribution is -0.139. The summed E-state index contributed by atoms with van der Waals surface area (Å²) in [7, 11) is 1.24. The van der Waals surface area contributed by atoms with Crippen LogP contribution in [0.15, 0.2) is 72.8 Å². The van der Waals surface area contributed by atoms with E-state index in [9.17, 15) is 54.3 Å². The molecule has 0 bridgehead atoms. The zero-order valence-corrected chi connectivity index (χ0v) is 25.4. The van der Waals surface area contributed by atoms with Gasteiger partial charge in [-0.15, -0.1) is 0 Å². The Morgan fingerprint density at radius 2 is 0.959 bits per heavy atom. The highest BCUT2D eigenvalue weighted by Gasteiger charge is 2.44. The summed E-state index contributed by atoms with van der Waals surface area (Å²) in [5.41, 5.74) is -7.96. The highest BCUT2D eigenvalue weighted by atomic mass is 19.4. The second-order valence-electron chi connectivity index (χ2n) is 11.8. The van der Waals surface area contributed by atoms with Crippen LogP contribution in [-0.4, -0.2) is 48.9 Å². The first-order valence-electron chi connectivity index (χ1n) is 14.5. The van der Waals surface area contributed by atoms with Gasteiger partial charge in [0.05, 0.1) is 44.5 Å². The summed E-state index contributed by atoms with van der Waals surface area (Å²) in [5, 5.41) is 0. The van der Waals surface area contributed by atoms with Crippen molar-refractivity contribution >= 4 is 29.3 Å². The first-order valence-corrected chi connectivity index (χ1v) is 14.5. The average Bonchev–Trinajstić information content (AvgIpc) is 3.43. The zero-order chi connectivity index (χ0) is 35.8. The molecule has 6 rings (SSSR count). The Kier molecular flexibility index (Phi) is 7.76. The minimum atomic E-state index is -5.22. The van der Waals surface area contributed by atoms with Gasteiger partial charge in [0.15, 0.2) is 0 Å². The van der Waals surface area contributed by atoms with Crippen molar-refractivity contribution in [1.82, 2.24) is 4.90 Å². The van der Waals surface area contributed by atoms with Crippen molar-refractivity contribution in [2.75, 3.05) is 25.3 Å². The third kappa shape index (κ3) is 5.16. The molecule has 4 amide bonds. The topological polar surface area (TPSA) is 74.8 Å². The highest BCUT2D eigenvalue weighted by molar-refractivity contribution is 6.34. The summed E-state index contributed by atoms with van der Waals surface area (Å²) in [6, 6.07) is 11.8. The monoisotopic (exact) mass is 686 g/mol. The van der Waals surface area contributed by atoms with Gasteiger partial charge in [0.25, 0.3) is 23.6 Å². The summed E-state index contributed by atoms with van der Waals surface area (Å²) in [6.45, 7) is -1.43. The number of benzene rings is 4. The number of hydrogen-bond donors (Lipinski definition) is 0. The Morgan fingerprint density at radius 3 is 1.49 bits per heavy atom. The molecule has 0 N–H and O–H groups in total. The maximum atomic E-state index is 14.9. The predicted octanol–water partition coefficient (Wildman–Crippen LogP) is 7.95. The molecular formula is C35H22F8N2O4. The summed E-state index contributed by atoms with van der Waals surface area (Å²) >= 11 is 0. The van der Waals surface area contributed by atoms with E-state index in [2.05, 4.69) is 0 Å². The van der Waals surface area contributed by atoms with Gasteiger partial charge < -0.3 is 0 Å². The second kappa shape index (κ2) is 11.3. The quantitative estimate of drug-likeness (QED) is 0.153. The van der Waals surface area contributed by atoms with E-state index in [-0.39, 0.29) is 33.4 Å². The van der Waals surface area contributed by atoms with Crippen molar-refractivity contribution in [3.05, 3.63) is 123 Å². The molecule has 0 fully saturated rings. The SMILES string of the molecule is Cc1ccc(-c2ccc(N3C(=O)c4ccc(C(CF)(CF)c5ccc6c(c5)C(=O)N(C)C6=O)cc4C3=O)cc2C(F)(F)F)c(C(F)(F)F)c1. The molecule has 0 aliphatic carbocycles. The van der Waals surface area contributed by atoms with E-state index >= 15 is 0 Å². The number of halogens is 8. The molecule has 0 spiro atoms. The van der Waals surface area contributed by atoms with Crippen LogP contribution < -0.4 is 4.90 Å². The third-order valence-electron chi connectivity index (χ3n) is 8.88. The number of alkyl halides is 8. The van der Waals surface area contributed by atoms with Crippen LogP contribution in [0.3, 0.4) is 0 Å². The van der Waals surface area contributed by atoms with Crippen LogP contribution in [0.1, 0.15) is 69.2 Å². The van der Waals surface area contributed by atoms with E-state index in [0.29, 0.717) is 17.0 Å². The molecule has 4 aromatic rings. The van der Waals surface area contributed by atoms with Crippen LogP contribution in [-0.2, 0) is 17.8 Å². The lowest BCUT2D eigenvalue weighted by atomic mass is 9.75. The molecule has 0 radical (unpaired) electrons. The van der Waals surface area contributed by atoms with Gasteiger partial charge in [-0.3, -0.25) is 24.1 Å². The lowest BCUT2D eigenvalue weighted by Crippen LogP contribution is -2.33. The number of amides is 4. The maximum absolute atomic E-state index is 14.9. The molecule has 2 aliphatic rings. The van der Waals surface area contributed by atoms with Gasteiger partial charge in [0.2, 0.25) is 0 Å². The van der Waals surface area contributed by atoms with Crippen LogP contribution in [0.5, 0.6) is 0 Å². The van der Waals surface area contributed by atoms with Crippen molar-refractivity contribution in [2.45, 2.75) is 24.7 Å². The summed E-state index contributed by atoms with van der Waals surface area (Å²) < 4.78 is 114. The fourth-order valence-corrected chi connectivity index (χ4v) is 6.21. The largest absolute Gasteiger partial charge is 0.417 e. The van der Waals surface area contributed by atoms with Gasteiger partial charge in [-0.2, -0.15) is 26.3 Å². The Labute approximate surface area is 272 Å². The van der Waals surface area contributed by atoms with Crippen LogP contribution in [0.25, 0.3) is 11.1 Å². The number of hydrogen-bond acceptors (Lipinski definition) is 4. The summed E-state index contributed by atoms with van der Waals surface area (Å²) in [6.07, 6.45) is -10.2.